The molecule has 1 heterocycles. The van der Waals surface area contributed by atoms with Gasteiger partial charge < -0.3 is 10.2 Å². The average Bonchev–Trinajstić information content (AvgIpc) is 2.37. The Morgan fingerprint density at radius 1 is 1.22 bits per heavy atom. The van der Waals surface area contributed by atoms with Crippen LogP contribution in [0.1, 0.15) is 53.9 Å². The molecule has 18 heavy (non-hydrogen) atoms. The predicted octanol–water partition coefficient (Wildman–Crippen LogP) is 3.38. The van der Waals surface area contributed by atoms with Crippen molar-refractivity contribution in [1.82, 2.24) is 10.2 Å². The molecule has 0 aliphatic carbocycles. The first-order valence-corrected chi connectivity index (χ1v) is 7.94. The Morgan fingerprint density at radius 3 is 2.28 bits per heavy atom. The maximum Gasteiger partial charge on any atom is 0.00474 e. The molecule has 2 heteroatoms. The van der Waals surface area contributed by atoms with Crippen molar-refractivity contribution in [2.45, 2.75) is 53.9 Å². The molecule has 0 saturated carbocycles. The Balaban J connectivity index is 2.38. The molecule has 0 amide bonds. The summed E-state index contributed by atoms with van der Waals surface area (Å²) < 4.78 is 0. The van der Waals surface area contributed by atoms with Crippen molar-refractivity contribution in [3.8, 4) is 0 Å². The Hall–Kier alpha value is -0.0800. The van der Waals surface area contributed by atoms with Crippen LogP contribution >= 0.6 is 0 Å². The topological polar surface area (TPSA) is 15.3 Å². The standard InChI is InChI=1S/C16H34N2/c1-6-16(5,12-17-7-2)13-18-10-8-15(9-11-18)14(3)4/h14-15,17H,6-13H2,1-5H3. The van der Waals surface area contributed by atoms with E-state index in [-0.39, 0.29) is 0 Å². The first kappa shape index (κ1) is 16.0. The molecule has 108 valence electrons. The van der Waals surface area contributed by atoms with Gasteiger partial charge >= 0.3 is 0 Å². The molecule has 0 radical (unpaired) electrons. The van der Waals surface area contributed by atoms with Crippen LogP contribution in [-0.4, -0.2) is 37.6 Å². The average molecular weight is 254 g/mol. The van der Waals surface area contributed by atoms with Gasteiger partial charge in [0.15, 0.2) is 0 Å². The van der Waals surface area contributed by atoms with Gasteiger partial charge in [-0.2, -0.15) is 0 Å². The fourth-order valence-electron chi connectivity index (χ4n) is 3.04. The van der Waals surface area contributed by atoms with E-state index in [1.54, 1.807) is 0 Å². The quantitative estimate of drug-likeness (QED) is 0.749. The Kier molecular flexibility index (Phi) is 6.65. The molecule has 0 aromatic rings. The third kappa shape index (κ3) is 4.89. The first-order chi connectivity index (χ1) is 8.50. The SMILES string of the molecule is CCNCC(C)(CC)CN1CCC(C(C)C)CC1. The van der Waals surface area contributed by atoms with Gasteiger partial charge in [-0.1, -0.05) is 34.6 Å². The van der Waals surface area contributed by atoms with Crippen LogP contribution in [0, 0.1) is 17.3 Å². The van der Waals surface area contributed by atoms with E-state index in [0.29, 0.717) is 5.41 Å². The van der Waals surface area contributed by atoms with Crippen molar-refractivity contribution in [2.75, 3.05) is 32.7 Å². The summed E-state index contributed by atoms with van der Waals surface area (Å²) in [5.74, 6) is 1.83. The van der Waals surface area contributed by atoms with Gasteiger partial charge in [-0.3, -0.25) is 0 Å². The fraction of sp³-hybridized carbons (Fsp3) is 1.00. The Labute approximate surface area is 115 Å². The molecular formula is C16H34N2. The van der Waals surface area contributed by atoms with Crippen LogP contribution in [0.3, 0.4) is 0 Å². The maximum absolute atomic E-state index is 3.53. The van der Waals surface area contributed by atoms with Crippen LogP contribution in [0.5, 0.6) is 0 Å². The molecule has 1 rings (SSSR count). The molecule has 1 atom stereocenters. The second kappa shape index (κ2) is 7.49. The van der Waals surface area contributed by atoms with Gasteiger partial charge in [-0.15, -0.1) is 0 Å². The third-order valence-electron chi connectivity index (χ3n) is 4.84. The zero-order valence-corrected chi connectivity index (χ0v) is 13.3. The van der Waals surface area contributed by atoms with Gasteiger partial charge in [0.05, 0.1) is 0 Å². The minimum Gasteiger partial charge on any atom is -0.316 e. The van der Waals surface area contributed by atoms with E-state index in [0.717, 1.165) is 24.9 Å². The van der Waals surface area contributed by atoms with Crippen molar-refractivity contribution in [1.29, 1.82) is 0 Å². The highest BCUT2D eigenvalue weighted by atomic mass is 15.1. The van der Waals surface area contributed by atoms with E-state index in [2.05, 4.69) is 44.8 Å². The summed E-state index contributed by atoms with van der Waals surface area (Å²) >= 11 is 0. The van der Waals surface area contributed by atoms with E-state index in [4.69, 9.17) is 0 Å². The van der Waals surface area contributed by atoms with Gasteiger partial charge in [-0.25, -0.2) is 0 Å². The number of rotatable bonds is 7. The van der Waals surface area contributed by atoms with Gasteiger partial charge in [0, 0.05) is 13.1 Å². The van der Waals surface area contributed by atoms with Crippen LogP contribution in [-0.2, 0) is 0 Å². The molecular weight excluding hydrogens is 220 g/mol. The lowest BCUT2D eigenvalue weighted by Gasteiger charge is -2.39. The summed E-state index contributed by atoms with van der Waals surface area (Å²) in [7, 11) is 0. The van der Waals surface area contributed by atoms with Gasteiger partial charge in [0.25, 0.3) is 0 Å². The monoisotopic (exact) mass is 254 g/mol. The lowest BCUT2D eigenvalue weighted by Crippen LogP contribution is -2.45. The highest BCUT2D eigenvalue weighted by Crippen LogP contribution is 2.28. The molecule has 0 spiro atoms. The summed E-state index contributed by atoms with van der Waals surface area (Å²) in [5, 5.41) is 3.53. The van der Waals surface area contributed by atoms with Crippen molar-refractivity contribution in [2.24, 2.45) is 17.3 Å². The molecule has 1 aliphatic heterocycles. The summed E-state index contributed by atoms with van der Waals surface area (Å²) in [5.41, 5.74) is 0.445. The van der Waals surface area contributed by atoms with Gasteiger partial charge in [-0.05, 0) is 56.1 Å². The van der Waals surface area contributed by atoms with Gasteiger partial charge in [0.2, 0.25) is 0 Å². The molecule has 0 bridgehead atoms. The highest BCUT2D eigenvalue weighted by molar-refractivity contribution is 4.82. The fourth-order valence-corrected chi connectivity index (χ4v) is 3.04. The number of likely N-dealkylation sites (tertiary alicyclic amines) is 1. The molecule has 2 nitrogen and oxygen atoms in total. The molecule has 1 unspecified atom stereocenters. The smallest absolute Gasteiger partial charge is 0.00474 e. The molecule has 1 N–H and O–H groups in total. The third-order valence-corrected chi connectivity index (χ3v) is 4.84. The minimum absolute atomic E-state index is 0.445. The van der Waals surface area contributed by atoms with Crippen molar-refractivity contribution in [3.63, 3.8) is 0 Å². The van der Waals surface area contributed by atoms with Crippen LogP contribution in [0.15, 0.2) is 0 Å². The zero-order chi connectivity index (χ0) is 13.6. The zero-order valence-electron chi connectivity index (χ0n) is 13.3. The molecule has 1 aliphatic rings. The largest absolute Gasteiger partial charge is 0.316 e. The van der Waals surface area contributed by atoms with Gasteiger partial charge in [0.1, 0.15) is 0 Å². The van der Waals surface area contributed by atoms with E-state index in [1.807, 2.05) is 0 Å². The van der Waals surface area contributed by atoms with E-state index in [9.17, 15) is 0 Å². The van der Waals surface area contributed by atoms with E-state index < -0.39 is 0 Å². The Morgan fingerprint density at radius 2 is 1.83 bits per heavy atom. The number of nitrogens with one attached hydrogen (secondary N) is 1. The number of nitrogens with zero attached hydrogens (tertiary/aromatic N) is 1. The summed E-state index contributed by atoms with van der Waals surface area (Å²) in [6.07, 6.45) is 4.07. The summed E-state index contributed by atoms with van der Waals surface area (Å²) in [6, 6.07) is 0. The van der Waals surface area contributed by atoms with Crippen LogP contribution < -0.4 is 5.32 Å². The Bertz CT molecular complexity index is 219. The maximum atomic E-state index is 3.53. The predicted molar refractivity (Wildman–Crippen MR) is 80.9 cm³/mol. The van der Waals surface area contributed by atoms with Crippen LogP contribution in [0.25, 0.3) is 0 Å². The molecule has 1 saturated heterocycles. The first-order valence-electron chi connectivity index (χ1n) is 7.94. The van der Waals surface area contributed by atoms with E-state index in [1.165, 1.54) is 38.9 Å². The van der Waals surface area contributed by atoms with Crippen LogP contribution in [0.2, 0.25) is 0 Å². The number of hydrogen-bond acceptors (Lipinski definition) is 2. The van der Waals surface area contributed by atoms with E-state index >= 15 is 0 Å². The summed E-state index contributed by atoms with van der Waals surface area (Å²) in [4.78, 5) is 2.69. The highest BCUT2D eigenvalue weighted by Gasteiger charge is 2.28. The van der Waals surface area contributed by atoms with Crippen molar-refractivity contribution < 1.29 is 0 Å². The normalized spacial score (nSPS) is 22.3. The van der Waals surface area contributed by atoms with Crippen molar-refractivity contribution in [3.05, 3.63) is 0 Å². The lowest BCUT2D eigenvalue weighted by molar-refractivity contribution is 0.102. The molecule has 0 aromatic heterocycles. The van der Waals surface area contributed by atoms with Crippen molar-refractivity contribution >= 4 is 0 Å². The second-order valence-corrected chi connectivity index (χ2v) is 6.80. The minimum atomic E-state index is 0.445. The number of hydrogen-bond donors (Lipinski definition) is 1. The molecule has 1 fully saturated rings. The summed E-state index contributed by atoms with van der Waals surface area (Å²) in [6.45, 7) is 17.8. The lowest BCUT2D eigenvalue weighted by atomic mass is 9.83. The second-order valence-electron chi connectivity index (χ2n) is 6.80. The number of piperidine rings is 1. The van der Waals surface area contributed by atoms with Crippen LogP contribution in [0.4, 0.5) is 0 Å². The molecule has 0 aromatic carbocycles.